The Hall–Kier alpha value is -1.83. The van der Waals surface area contributed by atoms with Gasteiger partial charge in [0.25, 0.3) is 0 Å². The van der Waals surface area contributed by atoms with Crippen LogP contribution in [-0.2, 0) is 19.1 Å². The topological polar surface area (TPSA) is 105 Å². The molecule has 1 heterocycles. The average Bonchev–Trinajstić information content (AvgIpc) is 2.76. The van der Waals surface area contributed by atoms with E-state index in [1.54, 1.807) is 0 Å². The Balaban J connectivity index is 2.26. The Kier molecular flexibility index (Phi) is 5.37. The molecule has 1 unspecified atom stereocenters. The molecule has 0 aromatic carbocycles. The molecule has 0 radical (unpaired) electrons. The predicted octanol–water partition coefficient (Wildman–Crippen LogP) is -0.955. The number of carboxylic acids is 1. The fraction of sp³-hybridized carbons (Fsp3) is 0.700. The maximum absolute atomic E-state index is 11.6. The minimum absolute atomic E-state index is 0.138. The Labute approximate surface area is 104 Å². The number of alkyl carbamates (subject to hydrolysis) is 1. The van der Waals surface area contributed by atoms with Gasteiger partial charge in [0.15, 0.2) is 0 Å². The Morgan fingerprint density at radius 2 is 2.11 bits per heavy atom. The van der Waals surface area contributed by atoms with E-state index in [2.05, 4.69) is 10.1 Å². The van der Waals surface area contributed by atoms with Crippen LogP contribution in [0.1, 0.15) is 6.42 Å². The van der Waals surface area contributed by atoms with Crippen molar-refractivity contribution in [3.05, 3.63) is 0 Å². The Morgan fingerprint density at radius 1 is 1.39 bits per heavy atom. The largest absolute Gasteiger partial charge is 0.480 e. The number of ether oxygens (including phenoxy) is 2. The molecule has 18 heavy (non-hydrogen) atoms. The molecule has 1 aliphatic heterocycles. The van der Waals surface area contributed by atoms with Crippen LogP contribution in [0.3, 0.4) is 0 Å². The van der Waals surface area contributed by atoms with Crippen LogP contribution < -0.4 is 5.32 Å². The normalized spacial score (nSPS) is 18.5. The number of nitrogens with one attached hydrogen (secondary N) is 1. The maximum Gasteiger partial charge on any atom is 0.407 e. The summed E-state index contributed by atoms with van der Waals surface area (Å²) < 4.78 is 9.16. The summed E-state index contributed by atoms with van der Waals surface area (Å²) in [5.74, 6) is -1.40. The van der Waals surface area contributed by atoms with Gasteiger partial charge in [-0.2, -0.15) is 0 Å². The molecule has 8 heteroatoms. The van der Waals surface area contributed by atoms with Crippen molar-refractivity contribution in [1.82, 2.24) is 10.2 Å². The van der Waals surface area contributed by atoms with E-state index in [9.17, 15) is 14.4 Å². The second-order valence-corrected chi connectivity index (χ2v) is 3.85. The third-order valence-corrected chi connectivity index (χ3v) is 2.50. The molecule has 1 atom stereocenters. The lowest BCUT2D eigenvalue weighted by Gasteiger charge is -2.16. The van der Waals surface area contributed by atoms with Gasteiger partial charge in [-0.15, -0.1) is 0 Å². The maximum atomic E-state index is 11.6. The van der Waals surface area contributed by atoms with Crippen LogP contribution in [0.25, 0.3) is 0 Å². The van der Waals surface area contributed by atoms with Crippen LogP contribution in [0.2, 0.25) is 0 Å². The van der Waals surface area contributed by atoms with Gasteiger partial charge in [-0.1, -0.05) is 0 Å². The molecule has 1 saturated heterocycles. The number of nitrogens with zero attached hydrogens (tertiary/aromatic N) is 1. The van der Waals surface area contributed by atoms with E-state index >= 15 is 0 Å². The zero-order chi connectivity index (χ0) is 13.5. The molecular weight excluding hydrogens is 244 g/mol. The van der Waals surface area contributed by atoms with Gasteiger partial charge in [0.1, 0.15) is 13.2 Å². The van der Waals surface area contributed by atoms with E-state index in [0.717, 1.165) is 0 Å². The summed E-state index contributed by atoms with van der Waals surface area (Å²) >= 11 is 0. The van der Waals surface area contributed by atoms with E-state index in [0.29, 0.717) is 19.5 Å². The average molecular weight is 260 g/mol. The molecule has 8 nitrogen and oxygen atoms in total. The minimum Gasteiger partial charge on any atom is -0.480 e. The van der Waals surface area contributed by atoms with Gasteiger partial charge >= 0.3 is 12.1 Å². The van der Waals surface area contributed by atoms with Gasteiger partial charge in [-0.3, -0.25) is 4.79 Å². The van der Waals surface area contributed by atoms with Crippen molar-refractivity contribution in [1.29, 1.82) is 0 Å². The molecule has 1 aliphatic rings. The molecule has 2 N–H and O–H groups in total. The van der Waals surface area contributed by atoms with Crippen LogP contribution in [0.15, 0.2) is 0 Å². The summed E-state index contributed by atoms with van der Waals surface area (Å²) in [5, 5.41) is 10.9. The number of aliphatic carboxylic acids is 1. The number of carboxylic acid groups (broad SMARTS) is 1. The summed E-state index contributed by atoms with van der Waals surface area (Å²) in [6.45, 7) is 0.120. The Bertz CT molecular complexity index is 332. The molecule has 2 amide bonds. The molecule has 0 aromatic rings. The lowest BCUT2D eigenvalue weighted by molar-refractivity contribution is -0.145. The molecule has 0 bridgehead atoms. The van der Waals surface area contributed by atoms with Crippen molar-refractivity contribution in [2.45, 2.75) is 12.5 Å². The number of carbonyl (C=O) groups excluding carboxylic acids is 2. The monoisotopic (exact) mass is 260 g/mol. The van der Waals surface area contributed by atoms with E-state index in [4.69, 9.17) is 9.84 Å². The summed E-state index contributed by atoms with van der Waals surface area (Å²) in [6.07, 6.45) is 0.108. The van der Waals surface area contributed by atoms with E-state index < -0.39 is 18.7 Å². The van der Waals surface area contributed by atoms with Crippen molar-refractivity contribution >= 4 is 18.0 Å². The summed E-state index contributed by atoms with van der Waals surface area (Å²) in [6, 6.07) is -0.138. The number of hydrogen-bond acceptors (Lipinski definition) is 5. The third-order valence-electron chi connectivity index (χ3n) is 2.50. The number of methoxy groups -OCH3 is 1. The molecule has 0 aliphatic carbocycles. The molecule has 0 aromatic heterocycles. The van der Waals surface area contributed by atoms with Crippen molar-refractivity contribution in [3.63, 3.8) is 0 Å². The standard InChI is InChI=1S/C10H16N2O6/c1-17-10(16)11-7-2-3-12(4-7)8(13)5-18-6-9(14)15/h7H,2-6H2,1H3,(H,11,16)(H,14,15). The van der Waals surface area contributed by atoms with Crippen LogP contribution >= 0.6 is 0 Å². The highest BCUT2D eigenvalue weighted by Crippen LogP contribution is 2.09. The van der Waals surface area contributed by atoms with Crippen molar-refractivity contribution in [3.8, 4) is 0 Å². The molecule has 0 spiro atoms. The van der Waals surface area contributed by atoms with Gasteiger partial charge < -0.3 is 24.8 Å². The Morgan fingerprint density at radius 3 is 2.72 bits per heavy atom. The third kappa shape index (κ3) is 4.58. The highest BCUT2D eigenvalue weighted by atomic mass is 16.5. The first-order valence-corrected chi connectivity index (χ1v) is 5.44. The fourth-order valence-electron chi connectivity index (χ4n) is 1.65. The number of amides is 2. The summed E-state index contributed by atoms with van der Waals surface area (Å²) in [4.78, 5) is 34.3. The van der Waals surface area contributed by atoms with Crippen LogP contribution in [0.4, 0.5) is 4.79 Å². The number of carbonyl (C=O) groups is 3. The van der Waals surface area contributed by atoms with Crippen LogP contribution in [0, 0.1) is 0 Å². The lowest BCUT2D eigenvalue weighted by Crippen LogP contribution is -2.39. The van der Waals surface area contributed by atoms with Gasteiger partial charge in [-0.05, 0) is 6.42 Å². The number of hydrogen-bond donors (Lipinski definition) is 2. The van der Waals surface area contributed by atoms with Crippen molar-refractivity contribution in [2.75, 3.05) is 33.4 Å². The molecule has 102 valence electrons. The first kappa shape index (κ1) is 14.2. The molecule has 1 fully saturated rings. The van der Waals surface area contributed by atoms with Gasteiger partial charge in [0.2, 0.25) is 5.91 Å². The SMILES string of the molecule is COC(=O)NC1CCN(C(=O)COCC(=O)O)C1. The zero-order valence-electron chi connectivity index (χ0n) is 10.0. The van der Waals surface area contributed by atoms with Gasteiger partial charge in [0, 0.05) is 13.1 Å². The minimum atomic E-state index is -1.12. The summed E-state index contributed by atoms with van der Waals surface area (Å²) in [7, 11) is 1.27. The van der Waals surface area contributed by atoms with E-state index in [1.165, 1.54) is 12.0 Å². The van der Waals surface area contributed by atoms with Crippen molar-refractivity contribution in [2.24, 2.45) is 0 Å². The molecule has 1 rings (SSSR count). The van der Waals surface area contributed by atoms with Crippen LogP contribution in [0.5, 0.6) is 0 Å². The summed E-state index contributed by atoms with van der Waals surface area (Å²) in [5.41, 5.74) is 0. The quantitative estimate of drug-likeness (QED) is 0.660. The lowest BCUT2D eigenvalue weighted by atomic mass is 10.3. The van der Waals surface area contributed by atoms with Gasteiger partial charge in [-0.25, -0.2) is 9.59 Å². The first-order valence-electron chi connectivity index (χ1n) is 5.44. The highest BCUT2D eigenvalue weighted by Gasteiger charge is 2.27. The highest BCUT2D eigenvalue weighted by molar-refractivity contribution is 5.78. The molecule has 0 saturated carbocycles. The van der Waals surface area contributed by atoms with E-state index in [1.807, 2.05) is 0 Å². The molecular formula is C10H16N2O6. The number of rotatable bonds is 5. The predicted molar refractivity (Wildman–Crippen MR) is 59.0 cm³/mol. The zero-order valence-corrected chi connectivity index (χ0v) is 10.0. The van der Waals surface area contributed by atoms with Crippen molar-refractivity contribution < 1.29 is 29.0 Å². The van der Waals surface area contributed by atoms with Crippen LogP contribution in [-0.4, -0.2) is 67.4 Å². The second kappa shape index (κ2) is 6.80. The fourth-order valence-corrected chi connectivity index (χ4v) is 1.65. The first-order chi connectivity index (χ1) is 8.52. The smallest absolute Gasteiger partial charge is 0.407 e. The second-order valence-electron chi connectivity index (χ2n) is 3.85. The van der Waals surface area contributed by atoms with E-state index in [-0.39, 0.29) is 18.6 Å². The van der Waals surface area contributed by atoms with Gasteiger partial charge in [0.05, 0.1) is 13.2 Å². The number of likely N-dealkylation sites (tertiary alicyclic amines) is 1.